The second-order valence-corrected chi connectivity index (χ2v) is 13.1. The summed E-state index contributed by atoms with van der Waals surface area (Å²) >= 11 is 0. The molecule has 2 fully saturated rings. The van der Waals surface area contributed by atoms with Crippen molar-refractivity contribution in [1.82, 2.24) is 23.9 Å². The van der Waals surface area contributed by atoms with E-state index in [2.05, 4.69) is 52.9 Å². The number of piperazine rings is 1. The van der Waals surface area contributed by atoms with Crippen LogP contribution in [-0.4, -0.2) is 61.9 Å². The molecule has 2 aromatic heterocycles. The molecular formula is C36H42FN5O3. The molecule has 45 heavy (non-hydrogen) atoms. The van der Waals surface area contributed by atoms with Gasteiger partial charge < -0.3 is 4.79 Å². The smallest absolute Gasteiger partial charge is 0.300 e. The number of rotatable bonds is 8. The predicted octanol–water partition coefficient (Wildman–Crippen LogP) is 5.59. The maximum Gasteiger partial charge on any atom is 0.337 e. The molecule has 0 N–H and O–H groups in total. The zero-order chi connectivity index (χ0) is 31.7. The summed E-state index contributed by atoms with van der Waals surface area (Å²) in [6, 6.07) is 17.6. The van der Waals surface area contributed by atoms with Crippen molar-refractivity contribution >= 4 is 16.8 Å². The number of hydrogen-bond acceptors (Lipinski definition) is 6. The van der Waals surface area contributed by atoms with Crippen LogP contribution in [0.15, 0.2) is 70.4 Å². The first-order valence-electron chi connectivity index (χ1n) is 16.2. The van der Waals surface area contributed by atoms with Crippen LogP contribution in [0.1, 0.15) is 64.5 Å². The maximum absolute atomic E-state index is 14.4. The molecule has 0 spiro atoms. The summed E-state index contributed by atoms with van der Waals surface area (Å²) in [5.41, 5.74) is 2.89. The number of benzene rings is 2. The third-order valence-corrected chi connectivity index (χ3v) is 9.58. The van der Waals surface area contributed by atoms with Gasteiger partial charge in [-0.25, -0.2) is 18.7 Å². The Bertz CT molecular complexity index is 1800. The van der Waals surface area contributed by atoms with Crippen molar-refractivity contribution in [1.29, 1.82) is 0 Å². The van der Waals surface area contributed by atoms with Crippen LogP contribution in [0.3, 0.4) is 0 Å². The van der Waals surface area contributed by atoms with Crippen molar-refractivity contribution in [2.24, 2.45) is 5.92 Å². The van der Waals surface area contributed by atoms with Gasteiger partial charge in [0.2, 0.25) is 0 Å². The van der Waals surface area contributed by atoms with Crippen LogP contribution in [0, 0.1) is 11.7 Å². The van der Waals surface area contributed by atoms with E-state index in [0.29, 0.717) is 31.0 Å². The molecule has 1 aliphatic heterocycles. The van der Waals surface area contributed by atoms with Crippen molar-refractivity contribution in [3.63, 3.8) is 0 Å². The molecular weight excluding hydrogens is 569 g/mol. The SMILES string of the molecule is CC(=O)CC1CCC(n2c(=O)c3cc(F)cnc3n(-c3cccc(-c4ccc(CN5CCN(C(C)C)CC5)cc4)c3)c2=O)CC1. The van der Waals surface area contributed by atoms with Gasteiger partial charge in [0, 0.05) is 51.2 Å². The topological polar surface area (TPSA) is 80.4 Å². The fourth-order valence-electron chi connectivity index (χ4n) is 7.07. The lowest BCUT2D eigenvalue weighted by atomic mass is 9.83. The number of Topliss-reactive ketones (excluding diaryl/α,β-unsaturated/α-hetero) is 1. The fraction of sp³-hybridized carbons (Fsp3) is 0.444. The molecule has 2 aliphatic rings. The van der Waals surface area contributed by atoms with Gasteiger partial charge in [0.1, 0.15) is 11.6 Å². The van der Waals surface area contributed by atoms with Crippen LogP contribution in [0.25, 0.3) is 27.8 Å². The van der Waals surface area contributed by atoms with Crippen molar-refractivity contribution in [3.8, 4) is 16.8 Å². The van der Waals surface area contributed by atoms with Crippen LogP contribution in [-0.2, 0) is 11.3 Å². The molecule has 0 atom stereocenters. The molecule has 0 amide bonds. The summed E-state index contributed by atoms with van der Waals surface area (Å²) in [7, 11) is 0. The predicted molar refractivity (Wildman–Crippen MR) is 175 cm³/mol. The maximum atomic E-state index is 14.4. The summed E-state index contributed by atoms with van der Waals surface area (Å²) in [5.74, 6) is -0.216. The van der Waals surface area contributed by atoms with E-state index in [1.165, 1.54) is 20.8 Å². The molecule has 8 nitrogen and oxygen atoms in total. The number of hydrogen-bond donors (Lipinski definition) is 0. The van der Waals surface area contributed by atoms with E-state index in [1.807, 2.05) is 24.3 Å². The van der Waals surface area contributed by atoms with Crippen LogP contribution in [0.2, 0.25) is 0 Å². The second-order valence-electron chi connectivity index (χ2n) is 13.1. The Morgan fingerprint density at radius 2 is 1.64 bits per heavy atom. The minimum Gasteiger partial charge on any atom is -0.300 e. The summed E-state index contributed by atoms with van der Waals surface area (Å²) < 4.78 is 17.1. The highest BCUT2D eigenvalue weighted by Gasteiger charge is 2.28. The Labute approximate surface area is 263 Å². The lowest BCUT2D eigenvalue weighted by molar-refractivity contribution is -0.118. The van der Waals surface area contributed by atoms with Crippen molar-refractivity contribution in [3.05, 3.63) is 93.0 Å². The van der Waals surface area contributed by atoms with E-state index >= 15 is 0 Å². The van der Waals surface area contributed by atoms with Gasteiger partial charge in [0.05, 0.1) is 17.3 Å². The van der Waals surface area contributed by atoms with Gasteiger partial charge in [0.25, 0.3) is 5.56 Å². The number of aromatic nitrogens is 3. The first-order chi connectivity index (χ1) is 21.7. The molecule has 6 rings (SSSR count). The molecule has 0 radical (unpaired) electrons. The largest absolute Gasteiger partial charge is 0.337 e. The van der Waals surface area contributed by atoms with Gasteiger partial charge in [-0.05, 0) is 87.3 Å². The highest BCUT2D eigenvalue weighted by atomic mass is 19.1. The van der Waals surface area contributed by atoms with Crippen LogP contribution < -0.4 is 11.2 Å². The summed E-state index contributed by atoms with van der Waals surface area (Å²) in [6.07, 6.45) is 4.30. The van der Waals surface area contributed by atoms with Gasteiger partial charge >= 0.3 is 5.69 Å². The van der Waals surface area contributed by atoms with E-state index in [9.17, 15) is 18.8 Å². The molecule has 1 saturated carbocycles. The highest BCUT2D eigenvalue weighted by Crippen LogP contribution is 2.33. The molecule has 3 heterocycles. The van der Waals surface area contributed by atoms with Gasteiger partial charge in [0.15, 0.2) is 5.65 Å². The number of halogens is 1. The van der Waals surface area contributed by atoms with E-state index in [1.54, 1.807) is 6.92 Å². The minimum atomic E-state index is -0.628. The van der Waals surface area contributed by atoms with E-state index < -0.39 is 17.1 Å². The highest BCUT2D eigenvalue weighted by molar-refractivity contribution is 5.77. The molecule has 0 unspecified atom stereocenters. The number of carbonyl (C=O) groups excluding carboxylic acids is 1. The lowest BCUT2D eigenvalue weighted by Gasteiger charge is -2.36. The van der Waals surface area contributed by atoms with Crippen molar-refractivity contribution < 1.29 is 9.18 Å². The summed E-state index contributed by atoms with van der Waals surface area (Å²) in [5, 5.41) is 0.0736. The number of nitrogens with zero attached hydrogens (tertiary/aromatic N) is 5. The molecule has 1 saturated heterocycles. The quantitative estimate of drug-likeness (QED) is 0.259. The standard InChI is InChI=1S/C36H42FN5O3/c1-24(2)40-17-15-39(16-18-40)23-27-7-11-28(12-8-27)29-5-4-6-32(20-29)41-34-33(21-30(37)22-38-34)35(44)42(36(41)45)31-13-9-26(10-14-31)19-25(3)43/h4-8,11-12,20-22,24,26,31H,9-10,13-19,23H2,1-3H3. The first kappa shape index (κ1) is 31.0. The van der Waals surface area contributed by atoms with E-state index in [0.717, 1.165) is 62.9 Å². The molecule has 236 valence electrons. The molecule has 2 aromatic carbocycles. The van der Waals surface area contributed by atoms with Crippen LogP contribution in [0.4, 0.5) is 4.39 Å². The minimum absolute atomic E-state index is 0.0736. The zero-order valence-corrected chi connectivity index (χ0v) is 26.4. The van der Waals surface area contributed by atoms with Gasteiger partial charge in [-0.1, -0.05) is 36.4 Å². The van der Waals surface area contributed by atoms with Gasteiger partial charge in [-0.3, -0.25) is 19.2 Å². The normalized spacial score (nSPS) is 19.8. The third kappa shape index (κ3) is 6.70. The molecule has 4 aromatic rings. The Morgan fingerprint density at radius 3 is 2.31 bits per heavy atom. The fourth-order valence-corrected chi connectivity index (χ4v) is 7.07. The van der Waals surface area contributed by atoms with Gasteiger partial charge in [-0.2, -0.15) is 0 Å². The molecule has 9 heteroatoms. The summed E-state index contributed by atoms with van der Waals surface area (Å²) in [6.45, 7) is 11.3. The average Bonchev–Trinajstić information content (AvgIpc) is 3.03. The van der Waals surface area contributed by atoms with Crippen molar-refractivity contribution in [2.75, 3.05) is 26.2 Å². The van der Waals surface area contributed by atoms with Gasteiger partial charge in [-0.15, -0.1) is 0 Å². The van der Waals surface area contributed by atoms with Crippen LogP contribution in [0.5, 0.6) is 0 Å². The first-order valence-corrected chi connectivity index (χ1v) is 16.2. The lowest BCUT2D eigenvalue weighted by Crippen LogP contribution is -2.48. The Morgan fingerprint density at radius 1 is 0.933 bits per heavy atom. The number of fused-ring (bicyclic) bond motifs is 1. The summed E-state index contributed by atoms with van der Waals surface area (Å²) in [4.78, 5) is 48.6. The Balaban J connectivity index is 1.30. The Kier molecular flexibility index (Phi) is 9.10. The van der Waals surface area contributed by atoms with E-state index in [4.69, 9.17) is 0 Å². The number of ketones is 1. The molecule has 0 bridgehead atoms. The Hall–Kier alpha value is -3.95. The average molecular weight is 612 g/mol. The number of pyridine rings is 1. The molecule has 1 aliphatic carbocycles. The third-order valence-electron chi connectivity index (χ3n) is 9.58. The van der Waals surface area contributed by atoms with Crippen LogP contribution >= 0.6 is 0 Å². The monoisotopic (exact) mass is 611 g/mol. The zero-order valence-electron chi connectivity index (χ0n) is 26.4. The van der Waals surface area contributed by atoms with Crippen molar-refractivity contribution in [2.45, 2.75) is 71.5 Å². The van der Waals surface area contributed by atoms with E-state index in [-0.39, 0.29) is 28.8 Å². The number of carbonyl (C=O) groups is 1. The second kappa shape index (κ2) is 13.2.